The molecule has 0 aliphatic carbocycles. The van der Waals surface area contributed by atoms with Crippen molar-refractivity contribution in [2.24, 2.45) is 5.92 Å². The maximum absolute atomic E-state index is 7.33. The number of aliphatic hydroxyl groups is 1. The summed E-state index contributed by atoms with van der Waals surface area (Å²) in [6.45, 7) is 47.7. The van der Waals surface area contributed by atoms with E-state index in [9.17, 15) is 0 Å². The SMILES string of the molecule is C=CO.CC.CC.CCC.CCC.CCC.CCC.CCC.CCC.CCC.CCCCCCCCC/C=C\CCCC(C)CCCC. The normalized spacial score (nSPS) is 8.60. The van der Waals surface area contributed by atoms with Gasteiger partial charge in [0.25, 0.3) is 0 Å². The van der Waals surface area contributed by atoms with Crippen molar-refractivity contribution in [3.8, 4) is 0 Å². The zero-order valence-corrected chi connectivity index (χ0v) is 39.3. The molecule has 0 aliphatic rings. The summed E-state index contributed by atoms with van der Waals surface area (Å²) in [7, 11) is 0. The van der Waals surface area contributed by atoms with Gasteiger partial charge in [-0.25, -0.2) is 0 Å². The number of aliphatic hydroxyl groups excluding tert-OH is 1. The van der Waals surface area contributed by atoms with Crippen molar-refractivity contribution in [3.63, 3.8) is 0 Å². The average Bonchev–Trinajstić information content (AvgIpc) is 3.05. The molecule has 0 heterocycles. The van der Waals surface area contributed by atoms with Crippen molar-refractivity contribution in [1.82, 2.24) is 0 Å². The Labute approximate surface area is 315 Å². The van der Waals surface area contributed by atoms with Crippen LogP contribution in [0.2, 0.25) is 0 Å². The van der Waals surface area contributed by atoms with E-state index in [1.165, 1.54) is 135 Å². The molecule has 0 aromatic carbocycles. The van der Waals surface area contributed by atoms with E-state index in [4.69, 9.17) is 5.11 Å². The Bertz CT molecular complexity index is 301. The minimum atomic E-state index is 0.750. The fourth-order valence-electron chi connectivity index (χ4n) is 2.74. The Morgan fingerprint density at radius 2 is 0.604 bits per heavy atom. The molecule has 0 aromatic heterocycles. The third-order valence-electron chi connectivity index (χ3n) is 4.26. The molecular weight excluding hydrogens is 581 g/mol. The highest BCUT2D eigenvalue weighted by Crippen LogP contribution is 2.15. The van der Waals surface area contributed by atoms with Gasteiger partial charge >= 0.3 is 0 Å². The van der Waals surface area contributed by atoms with E-state index in [0.29, 0.717) is 0 Å². The van der Waals surface area contributed by atoms with Crippen LogP contribution in [-0.2, 0) is 0 Å². The van der Waals surface area contributed by atoms with E-state index in [0.717, 1.165) is 12.2 Å². The van der Waals surface area contributed by atoms with Crippen LogP contribution < -0.4 is 0 Å². The van der Waals surface area contributed by atoms with Crippen molar-refractivity contribution in [3.05, 3.63) is 25.0 Å². The molecule has 0 aliphatic heterocycles. The Morgan fingerprint density at radius 3 is 0.875 bits per heavy atom. The molecule has 1 heteroatoms. The van der Waals surface area contributed by atoms with E-state index in [-0.39, 0.29) is 0 Å². The first kappa shape index (κ1) is 76.9. The van der Waals surface area contributed by atoms with Gasteiger partial charge in [0.2, 0.25) is 0 Å². The molecule has 306 valence electrons. The Balaban J connectivity index is -0.0000000443. The number of unbranched alkanes of at least 4 members (excludes halogenated alkanes) is 9. The van der Waals surface area contributed by atoms with Crippen LogP contribution >= 0.6 is 0 Å². The summed E-state index contributed by atoms with van der Waals surface area (Å²) in [6.07, 6.45) is 33.9. The number of hydrogen-bond donors (Lipinski definition) is 1. The average molecular weight is 693 g/mol. The largest absolute Gasteiger partial charge is 0.516 e. The molecule has 0 rings (SSSR count). The number of rotatable bonds is 15. The van der Waals surface area contributed by atoms with Gasteiger partial charge in [-0.2, -0.15) is 0 Å². The third kappa shape index (κ3) is 297. The lowest BCUT2D eigenvalue weighted by Gasteiger charge is -2.08. The maximum Gasteiger partial charge on any atom is 0.0719 e. The van der Waals surface area contributed by atoms with Gasteiger partial charge in [-0.1, -0.05) is 273 Å². The lowest BCUT2D eigenvalue weighted by molar-refractivity contribution is 0.459. The molecule has 0 amide bonds. The number of hydrogen-bond acceptors (Lipinski definition) is 1. The second-order valence-electron chi connectivity index (χ2n) is 11.7. The quantitative estimate of drug-likeness (QED) is 0.103. The van der Waals surface area contributed by atoms with Gasteiger partial charge in [-0.3, -0.25) is 0 Å². The molecule has 0 saturated carbocycles. The van der Waals surface area contributed by atoms with Gasteiger partial charge < -0.3 is 5.11 Å². The molecule has 0 bridgehead atoms. The fourth-order valence-corrected chi connectivity index (χ4v) is 2.74. The van der Waals surface area contributed by atoms with Gasteiger partial charge in [0.1, 0.15) is 0 Å². The van der Waals surface area contributed by atoms with E-state index in [1.807, 2.05) is 27.7 Å². The lowest BCUT2D eigenvalue weighted by Crippen LogP contribution is -1.93. The maximum atomic E-state index is 7.33. The molecular formula is C47H112O. The van der Waals surface area contributed by atoms with E-state index in [2.05, 4.69) is 136 Å². The van der Waals surface area contributed by atoms with E-state index < -0.39 is 0 Å². The van der Waals surface area contributed by atoms with Crippen LogP contribution in [0.15, 0.2) is 25.0 Å². The van der Waals surface area contributed by atoms with Crippen LogP contribution in [-0.4, -0.2) is 5.11 Å². The second kappa shape index (κ2) is 137. The Kier molecular flexibility index (Phi) is 220. The third-order valence-corrected chi connectivity index (χ3v) is 4.26. The van der Waals surface area contributed by atoms with Crippen LogP contribution in [0.25, 0.3) is 0 Å². The Morgan fingerprint density at radius 1 is 0.396 bits per heavy atom. The first-order valence-corrected chi connectivity index (χ1v) is 22.0. The first-order chi connectivity index (χ1) is 23.1. The highest BCUT2D eigenvalue weighted by Gasteiger charge is 1.99. The standard InChI is InChI=1S/C20H40.7C3H8.C2H4O.2C2H6/c1-4-6-8-9-10-11-12-13-14-15-16-17-19-20(3)18-7-5-2;7*1-3-2;1-2-3;2*1-2/h14-15,20H,4-13,16-19H2,1-3H3;7*3H2,1-2H3;2-3H,1H2;2*1-2H3/b15-14-;;;;;;;;;;. The van der Waals surface area contributed by atoms with Gasteiger partial charge in [0.05, 0.1) is 6.26 Å². The minimum absolute atomic E-state index is 0.750. The van der Waals surface area contributed by atoms with Crippen molar-refractivity contribution in [1.29, 1.82) is 0 Å². The number of allylic oxidation sites excluding steroid dienone is 2. The first-order valence-electron chi connectivity index (χ1n) is 22.0. The van der Waals surface area contributed by atoms with Crippen molar-refractivity contribution >= 4 is 0 Å². The van der Waals surface area contributed by atoms with Gasteiger partial charge in [0, 0.05) is 0 Å². The lowest BCUT2D eigenvalue weighted by atomic mass is 9.98. The van der Waals surface area contributed by atoms with Crippen LogP contribution in [0.5, 0.6) is 0 Å². The van der Waals surface area contributed by atoms with Crippen molar-refractivity contribution in [2.45, 2.75) is 280 Å². The van der Waals surface area contributed by atoms with Crippen molar-refractivity contribution < 1.29 is 5.11 Å². The monoisotopic (exact) mass is 693 g/mol. The topological polar surface area (TPSA) is 20.2 Å². The van der Waals surface area contributed by atoms with Crippen LogP contribution in [0.1, 0.15) is 280 Å². The minimum Gasteiger partial charge on any atom is -0.516 e. The van der Waals surface area contributed by atoms with E-state index in [1.54, 1.807) is 0 Å². The molecule has 0 saturated heterocycles. The summed E-state index contributed by atoms with van der Waals surface area (Å²) in [6, 6.07) is 0. The van der Waals surface area contributed by atoms with Crippen LogP contribution in [0.3, 0.4) is 0 Å². The van der Waals surface area contributed by atoms with Gasteiger partial charge in [-0.15, -0.1) is 0 Å². The molecule has 1 unspecified atom stereocenters. The fraction of sp³-hybridized carbons (Fsp3) is 0.915. The molecule has 0 aromatic rings. The summed E-state index contributed by atoms with van der Waals surface area (Å²) in [5, 5.41) is 7.33. The Hall–Kier alpha value is -0.720. The summed E-state index contributed by atoms with van der Waals surface area (Å²) in [5.41, 5.74) is 0. The molecule has 0 fully saturated rings. The highest BCUT2D eigenvalue weighted by atomic mass is 16.2. The molecule has 1 atom stereocenters. The zero-order chi connectivity index (χ0) is 40.5. The molecule has 1 N–H and O–H groups in total. The van der Waals surface area contributed by atoms with Crippen LogP contribution in [0, 0.1) is 5.92 Å². The van der Waals surface area contributed by atoms with E-state index >= 15 is 0 Å². The molecule has 1 nitrogen and oxygen atoms in total. The van der Waals surface area contributed by atoms with Crippen molar-refractivity contribution in [2.75, 3.05) is 0 Å². The predicted octanol–water partition coefficient (Wildman–Crippen LogP) is 20.3. The van der Waals surface area contributed by atoms with Crippen LogP contribution in [0.4, 0.5) is 0 Å². The zero-order valence-electron chi connectivity index (χ0n) is 39.3. The molecule has 0 radical (unpaired) electrons. The smallest absolute Gasteiger partial charge is 0.0719 e. The summed E-state index contributed by atoms with van der Waals surface area (Å²) in [5.74, 6) is 0.937. The summed E-state index contributed by atoms with van der Waals surface area (Å²) >= 11 is 0. The van der Waals surface area contributed by atoms with Gasteiger partial charge in [-0.05, 0) is 31.6 Å². The second-order valence-corrected chi connectivity index (χ2v) is 11.7. The summed E-state index contributed by atoms with van der Waals surface area (Å²) in [4.78, 5) is 0. The molecule has 0 spiro atoms. The predicted molar refractivity (Wildman–Crippen MR) is 242 cm³/mol. The van der Waals surface area contributed by atoms with Gasteiger partial charge in [0.15, 0.2) is 0 Å². The molecule has 48 heavy (non-hydrogen) atoms. The highest BCUT2D eigenvalue weighted by molar-refractivity contribution is 4.81. The summed E-state index contributed by atoms with van der Waals surface area (Å²) < 4.78 is 0.